The van der Waals surface area contributed by atoms with Crippen molar-refractivity contribution in [3.63, 3.8) is 0 Å². The molecule has 28 heavy (non-hydrogen) atoms. The Bertz CT molecular complexity index is 630. The van der Waals surface area contributed by atoms with E-state index in [0.29, 0.717) is 0 Å². The van der Waals surface area contributed by atoms with Crippen LogP contribution in [0.1, 0.15) is 6.92 Å². The summed E-state index contributed by atoms with van der Waals surface area (Å²) in [7, 11) is 2.71. The van der Waals surface area contributed by atoms with Crippen molar-refractivity contribution in [1.29, 1.82) is 0 Å². The molecule has 0 amide bonds. The van der Waals surface area contributed by atoms with Crippen molar-refractivity contribution in [2.45, 2.75) is 55.7 Å². The lowest BCUT2D eigenvalue weighted by Crippen LogP contribution is -2.37. The second-order valence-corrected chi connectivity index (χ2v) is 12.3. The van der Waals surface area contributed by atoms with E-state index >= 15 is 0 Å². The van der Waals surface area contributed by atoms with Gasteiger partial charge in [0.2, 0.25) is 0 Å². The minimum absolute atomic E-state index is 0.383. The molecule has 2 aliphatic heterocycles. The summed E-state index contributed by atoms with van der Waals surface area (Å²) in [5, 5.41) is 29.4. The Kier molecular flexibility index (Phi) is 8.97. The summed E-state index contributed by atoms with van der Waals surface area (Å²) in [4.78, 5) is 0. The Morgan fingerprint density at radius 3 is 2.18 bits per heavy atom. The fourth-order valence-corrected chi connectivity index (χ4v) is 5.46. The zero-order chi connectivity index (χ0) is 21.3. The molecular weight excluding hydrogens is 457 g/mol. The minimum Gasteiger partial charge on any atom is -0.394 e. The Labute approximate surface area is 174 Å². The van der Waals surface area contributed by atoms with Crippen molar-refractivity contribution in [1.82, 2.24) is 0 Å². The number of rotatable bonds is 9. The summed E-state index contributed by atoms with van der Waals surface area (Å²) in [6, 6.07) is -0.659. The monoisotopic (exact) mass is 482 g/mol. The lowest BCUT2D eigenvalue weighted by molar-refractivity contribution is -0.0158. The van der Waals surface area contributed by atoms with Crippen molar-refractivity contribution in [3.8, 4) is 0 Å². The first-order valence-electron chi connectivity index (χ1n) is 8.41. The molecule has 2 heterocycles. The van der Waals surface area contributed by atoms with Gasteiger partial charge in [-0.15, -0.1) is 0 Å². The number of hydrogen-bond donors (Lipinski definition) is 5. The third-order valence-electron chi connectivity index (χ3n) is 4.47. The first kappa shape index (κ1) is 25.1. The van der Waals surface area contributed by atoms with Crippen molar-refractivity contribution in [2.75, 3.05) is 20.3 Å². The van der Waals surface area contributed by atoms with Crippen LogP contribution >= 0.6 is 38.1 Å². The summed E-state index contributed by atoms with van der Waals surface area (Å²) in [6.45, 7) is -6.98. The Morgan fingerprint density at radius 1 is 1.04 bits per heavy atom. The lowest BCUT2D eigenvalue weighted by Gasteiger charge is -2.25. The fraction of sp³-hybridized carbons (Fsp3) is 1.00. The van der Waals surface area contributed by atoms with Gasteiger partial charge in [0.05, 0.1) is 25.3 Å². The minimum atomic E-state index is -3.99. The molecule has 164 valence electrons. The Hall–Kier alpha value is 0.865. The third-order valence-corrected chi connectivity index (χ3v) is 7.82. The summed E-state index contributed by atoms with van der Waals surface area (Å²) in [6.07, 6.45) is -7.05. The molecule has 0 aliphatic carbocycles. The van der Waals surface area contributed by atoms with Gasteiger partial charge in [-0.3, -0.25) is 13.6 Å². The molecule has 0 spiro atoms. The van der Waals surface area contributed by atoms with E-state index in [4.69, 9.17) is 28.2 Å². The smallest absolute Gasteiger partial charge is 0.386 e. The molecule has 0 aromatic rings. The Balaban J connectivity index is 1.98. The average molecular weight is 482 g/mol. The second kappa shape index (κ2) is 9.99. The molecule has 0 aromatic heterocycles. The highest BCUT2D eigenvalue weighted by Crippen LogP contribution is 2.57. The van der Waals surface area contributed by atoms with Gasteiger partial charge in [0.25, 0.3) is 0 Å². The molecule has 0 saturated carbocycles. The van der Waals surface area contributed by atoms with Crippen LogP contribution in [-0.2, 0) is 36.7 Å². The summed E-state index contributed by atoms with van der Waals surface area (Å²) in [5.41, 5.74) is 0. The first-order chi connectivity index (χ1) is 12.9. The van der Waals surface area contributed by atoms with E-state index in [2.05, 4.69) is 29.0 Å². The van der Waals surface area contributed by atoms with Crippen LogP contribution in [-0.4, -0.2) is 92.2 Å². The normalized spacial score (nSPS) is 43.0. The van der Waals surface area contributed by atoms with Gasteiger partial charge in [-0.1, -0.05) is 24.5 Å². The molecule has 3 N–H and O–H groups in total. The van der Waals surface area contributed by atoms with Crippen LogP contribution < -0.4 is 0 Å². The van der Waals surface area contributed by atoms with Crippen LogP contribution in [0.4, 0.5) is 0 Å². The van der Waals surface area contributed by atoms with Gasteiger partial charge in [-0.25, -0.2) is 9.13 Å². The van der Waals surface area contributed by atoms with E-state index < -0.39 is 68.9 Å². The molecule has 0 radical (unpaired) electrons. The van der Waals surface area contributed by atoms with Gasteiger partial charge in [-0.2, -0.15) is 0 Å². The predicted octanol–water partition coefficient (Wildman–Crippen LogP) is -0.645. The van der Waals surface area contributed by atoms with E-state index in [1.165, 1.54) is 0 Å². The number of hydrogen-bond acceptors (Lipinski definition) is 11. The molecule has 11 nitrogen and oxygen atoms in total. The van der Waals surface area contributed by atoms with Crippen molar-refractivity contribution in [2.24, 2.45) is 0 Å². The maximum atomic E-state index is 12.6. The molecule has 10 atom stereocenters. The van der Waals surface area contributed by atoms with E-state index in [9.17, 15) is 19.3 Å². The highest BCUT2D eigenvalue weighted by atomic mass is 32.7. The van der Waals surface area contributed by atoms with Gasteiger partial charge >= 0.3 is 13.6 Å². The summed E-state index contributed by atoms with van der Waals surface area (Å²) < 4.78 is 55.7. The molecule has 2 fully saturated rings. The number of aliphatic hydroxyl groups is 3. The summed E-state index contributed by atoms with van der Waals surface area (Å²) in [5.74, 6) is 0. The highest BCUT2D eigenvalue weighted by Gasteiger charge is 2.48. The van der Waals surface area contributed by atoms with E-state index in [1.54, 1.807) is 14.8 Å². The largest absolute Gasteiger partial charge is 0.394 e. The fourth-order valence-electron chi connectivity index (χ4n) is 2.96. The molecule has 4 unspecified atom stereocenters. The van der Waals surface area contributed by atoms with Crippen molar-refractivity contribution in [3.05, 3.63) is 0 Å². The lowest BCUT2D eigenvalue weighted by atomic mass is 9.93. The van der Waals surface area contributed by atoms with Crippen LogP contribution in [0.15, 0.2) is 0 Å². The SMILES string of the molecule is B[C@@H]1O[C@H](CO)C(O)[C@@H]1OP(=O)(S)OC[C@H]1O[C@@H](C)[C@@H](O)C1OP(=O)(S)OC. The standard InChI is InChI=1S/C12H25BO11P2S2/c1-5-8(15)10(23-25(17,27)19-2)7(21-5)4-20-26(18,28)24-11-9(16)6(3-14)22-12(11)13/h5-12,14-16H,3-4,13H2,1-2H3,(H,17,27)(H,18,28)/t5-,6+,7+,8+,9?,10?,11-,12+,25?,26?/m0/s1. The summed E-state index contributed by atoms with van der Waals surface area (Å²) >= 11 is 7.64. The molecule has 2 saturated heterocycles. The molecule has 16 heteroatoms. The molecule has 2 rings (SSSR count). The zero-order valence-corrected chi connectivity index (χ0v) is 19.0. The third kappa shape index (κ3) is 6.19. The quantitative estimate of drug-likeness (QED) is 0.162. The van der Waals surface area contributed by atoms with Gasteiger partial charge < -0.3 is 29.3 Å². The van der Waals surface area contributed by atoms with E-state index in [0.717, 1.165) is 7.11 Å². The van der Waals surface area contributed by atoms with Crippen LogP contribution in [0.2, 0.25) is 0 Å². The Morgan fingerprint density at radius 2 is 1.64 bits per heavy atom. The topological polar surface area (TPSA) is 150 Å². The zero-order valence-electron chi connectivity index (χ0n) is 15.4. The number of aliphatic hydroxyl groups excluding tert-OH is 3. The highest BCUT2D eigenvalue weighted by molar-refractivity contribution is 8.44. The van der Waals surface area contributed by atoms with Gasteiger partial charge in [0, 0.05) is 7.11 Å². The first-order valence-corrected chi connectivity index (χ1v) is 13.8. The average Bonchev–Trinajstić information content (AvgIpc) is 3.04. The maximum Gasteiger partial charge on any atom is 0.386 e. The number of ether oxygens (including phenoxy) is 2. The maximum absolute atomic E-state index is 12.6. The molecule has 0 aromatic carbocycles. The number of thiol groups is 2. The van der Waals surface area contributed by atoms with Crippen molar-refractivity contribution < 1.29 is 52.0 Å². The molecule has 2 aliphatic rings. The van der Waals surface area contributed by atoms with Gasteiger partial charge in [0.1, 0.15) is 44.5 Å². The van der Waals surface area contributed by atoms with E-state index in [-0.39, 0.29) is 6.61 Å². The van der Waals surface area contributed by atoms with Crippen LogP contribution in [0.5, 0.6) is 0 Å². The van der Waals surface area contributed by atoms with Crippen LogP contribution in [0.25, 0.3) is 0 Å². The van der Waals surface area contributed by atoms with Crippen LogP contribution in [0.3, 0.4) is 0 Å². The van der Waals surface area contributed by atoms with Crippen LogP contribution in [0, 0.1) is 0 Å². The van der Waals surface area contributed by atoms with Crippen molar-refractivity contribution >= 4 is 45.9 Å². The molecular formula is C12H25BO11P2S2. The van der Waals surface area contributed by atoms with E-state index in [1.807, 2.05) is 0 Å². The second-order valence-electron chi connectivity index (χ2n) is 6.48. The van der Waals surface area contributed by atoms with Gasteiger partial charge in [0.15, 0.2) is 0 Å². The predicted molar refractivity (Wildman–Crippen MR) is 107 cm³/mol. The molecule has 0 bridgehead atoms. The van der Waals surface area contributed by atoms with Gasteiger partial charge in [-0.05, 0) is 6.92 Å².